The molecule has 0 aliphatic carbocycles. The molecule has 1 aromatic carbocycles. The van der Waals surface area contributed by atoms with Crippen LogP contribution >= 0.6 is 22.7 Å². The Morgan fingerprint density at radius 1 is 1.25 bits per heavy atom. The number of amides is 1. The molecule has 3 rings (SSSR count). The molecule has 0 aliphatic rings. The van der Waals surface area contributed by atoms with E-state index in [1.54, 1.807) is 34.8 Å². The second kappa shape index (κ2) is 7.59. The predicted octanol–water partition coefficient (Wildman–Crippen LogP) is 4.58. The third kappa shape index (κ3) is 4.21. The molecule has 124 valence electrons. The quantitative estimate of drug-likeness (QED) is 0.701. The van der Waals surface area contributed by atoms with Crippen LogP contribution in [-0.2, 0) is 6.61 Å². The lowest BCUT2D eigenvalue weighted by Crippen LogP contribution is -2.25. The first-order valence-corrected chi connectivity index (χ1v) is 9.36. The van der Waals surface area contributed by atoms with E-state index in [9.17, 15) is 4.79 Å². The highest BCUT2D eigenvalue weighted by atomic mass is 32.1. The van der Waals surface area contributed by atoms with Gasteiger partial charge in [0.15, 0.2) is 0 Å². The van der Waals surface area contributed by atoms with Crippen molar-refractivity contribution >= 4 is 28.6 Å². The van der Waals surface area contributed by atoms with Gasteiger partial charge in [-0.3, -0.25) is 4.79 Å². The van der Waals surface area contributed by atoms with Gasteiger partial charge in [0.25, 0.3) is 5.91 Å². The van der Waals surface area contributed by atoms with Gasteiger partial charge < -0.3 is 10.1 Å². The first-order valence-electron chi connectivity index (χ1n) is 7.60. The second-order valence-electron chi connectivity index (χ2n) is 5.38. The highest BCUT2D eigenvalue weighted by Gasteiger charge is 2.12. The summed E-state index contributed by atoms with van der Waals surface area (Å²) in [4.78, 5) is 17.8. The Morgan fingerprint density at radius 3 is 2.67 bits per heavy atom. The lowest BCUT2D eigenvalue weighted by molar-refractivity contribution is 0.0940. The molecule has 0 saturated carbocycles. The van der Waals surface area contributed by atoms with E-state index in [0.29, 0.717) is 12.2 Å². The predicted molar refractivity (Wildman–Crippen MR) is 97.8 cm³/mol. The first-order chi connectivity index (χ1) is 11.6. The highest BCUT2D eigenvalue weighted by Crippen LogP contribution is 2.20. The normalized spacial score (nSPS) is 11.9. The van der Waals surface area contributed by atoms with Crippen LogP contribution in [0, 0.1) is 6.92 Å². The number of benzene rings is 1. The molecular weight excluding hydrogens is 340 g/mol. The average Bonchev–Trinajstić information content (AvgIpc) is 3.25. The smallest absolute Gasteiger partial charge is 0.251 e. The standard InChI is InChI=1S/C18H18N2O2S2/c1-12(17-4-3-9-23-17)19-18(21)14-5-7-16(8-6-14)22-10-15-11-24-13(2)20-15/h3-9,11-12H,10H2,1-2H3,(H,19,21). The van der Waals surface area contributed by atoms with Crippen molar-refractivity contribution in [1.82, 2.24) is 10.3 Å². The number of thiophene rings is 1. The Bertz CT molecular complexity index is 795. The van der Waals surface area contributed by atoms with Gasteiger partial charge in [-0.2, -0.15) is 0 Å². The molecule has 1 atom stereocenters. The fourth-order valence-corrected chi connectivity index (χ4v) is 3.55. The largest absolute Gasteiger partial charge is 0.487 e. The van der Waals surface area contributed by atoms with E-state index in [4.69, 9.17) is 4.74 Å². The van der Waals surface area contributed by atoms with Crippen LogP contribution in [0.2, 0.25) is 0 Å². The van der Waals surface area contributed by atoms with Crippen LogP contribution < -0.4 is 10.1 Å². The van der Waals surface area contributed by atoms with Crippen LogP contribution in [0.5, 0.6) is 5.75 Å². The van der Waals surface area contributed by atoms with Crippen molar-refractivity contribution in [1.29, 1.82) is 0 Å². The Hall–Kier alpha value is -2.18. The summed E-state index contributed by atoms with van der Waals surface area (Å²) in [6, 6.07) is 11.2. The number of thiazole rings is 1. The fourth-order valence-electron chi connectivity index (χ4n) is 2.22. The van der Waals surface area contributed by atoms with Crippen LogP contribution in [0.15, 0.2) is 47.2 Å². The molecule has 2 heterocycles. The van der Waals surface area contributed by atoms with Crippen LogP contribution in [0.4, 0.5) is 0 Å². The summed E-state index contributed by atoms with van der Waals surface area (Å²) in [6.07, 6.45) is 0. The molecule has 2 aromatic heterocycles. The Balaban J connectivity index is 1.56. The zero-order valence-electron chi connectivity index (χ0n) is 13.5. The van der Waals surface area contributed by atoms with Crippen molar-refractivity contribution in [2.75, 3.05) is 0 Å². The number of hydrogen-bond acceptors (Lipinski definition) is 5. The highest BCUT2D eigenvalue weighted by molar-refractivity contribution is 7.10. The van der Waals surface area contributed by atoms with Crippen molar-refractivity contribution in [3.63, 3.8) is 0 Å². The topological polar surface area (TPSA) is 51.2 Å². The zero-order valence-corrected chi connectivity index (χ0v) is 15.1. The van der Waals surface area contributed by atoms with Crippen molar-refractivity contribution in [2.45, 2.75) is 26.5 Å². The molecule has 1 N–H and O–H groups in total. The molecule has 24 heavy (non-hydrogen) atoms. The number of carbonyl (C=O) groups is 1. The third-order valence-electron chi connectivity index (χ3n) is 3.49. The number of nitrogens with zero attached hydrogens (tertiary/aromatic N) is 1. The van der Waals surface area contributed by atoms with Crippen molar-refractivity contribution in [3.8, 4) is 5.75 Å². The first kappa shape index (κ1) is 16.7. The minimum Gasteiger partial charge on any atom is -0.487 e. The molecular formula is C18H18N2O2S2. The number of rotatable bonds is 6. The van der Waals surface area contributed by atoms with E-state index in [1.807, 2.05) is 48.9 Å². The van der Waals surface area contributed by atoms with E-state index in [2.05, 4.69) is 10.3 Å². The molecule has 4 nitrogen and oxygen atoms in total. The van der Waals surface area contributed by atoms with Gasteiger partial charge in [0, 0.05) is 15.8 Å². The Morgan fingerprint density at radius 2 is 2.04 bits per heavy atom. The molecule has 0 radical (unpaired) electrons. The van der Waals surface area contributed by atoms with Gasteiger partial charge in [0.1, 0.15) is 12.4 Å². The molecule has 0 spiro atoms. The number of aromatic nitrogens is 1. The van der Waals surface area contributed by atoms with Crippen LogP contribution in [-0.4, -0.2) is 10.9 Å². The Labute approximate surface area is 149 Å². The molecule has 6 heteroatoms. The number of nitrogens with one attached hydrogen (secondary N) is 1. The van der Waals surface area contributed by atoms with Gasteiger partial charge in [-0.25, -0.2) is 4.98 Å². The van der Waals surface area contributed by atoms with E-state index >= 15 is 0 Å². The summed E-state index contributed by atoms with van der Waals surface area (Å²) in [5.41, 5.74) is 1.54. The van der Waals surface area contributed by atoms with Crippen molar-refractivity contribution in [2.24, 2.45) is 0 Å². The molecule has 0 bridgehead atoms. The van der Waals surface area contributed by atoms with E-state index in [1.165, 1.54) is 0 Å². The maximum absolute atomic E-state index is 12.3. The minimum absolute atomic E-state index is 0.00123. The number of ether oxygens (including phenoxy) is 1. The van der Waals surface area contributed by atoms with E-state index in [0.717, 1.165) is 21.3 Å². The van der Waals surface area contributed by atoms with Gasteiger partial charge in [0.05, 0.1) is 16.7 Å². The van der Waals surface area contributed by atoms with Gasteiger partial charge in [0.2, 0.25) is 0 Å². The number of aryl methyl sites for hydroxylation is 1. The molecule has 1 amide bonds. The summed E-state index contributed by atoms with van der Waals surface area (Å²) in [7, 11) is 0. The second-order valence-corrected chi connectivity index (χ2v) is 7.42. The maximum atomic E-state index is 12.3. The summed E-state index contributed by atoms with van der Waals surface area (Å²) in [5, 5.41) is 8.03. The maximum Gasteiger partial charge on any atom is 0.251 e. The lowest BCUT2D eigenvalue weighted by Gasteiger charge is -2.12. The summed E-state index contributed by atoms with van der Waals surface area (Å²) < 4.78 is 5.69. The van der Waals surface area contributed by atoms with Crippen LogP contribution in [0.3, 0.4) is 0 Å². The van der Waals surface area contributed by atoms with Crippen molar-refractivity contribution < 1.29 is 9.53 Å². The number of carbonyl (C=O) groups excluding carboxylic acids is 1. The van der Waals surface area contributed by atoms with Crippen LogP contribution in [0.25, 0.3) is 0 Å². The zero-order chi connectivity index (χ0) is 16.9. The molecule has 3 aromatic rings. The van der Waals surface area contributed by atoms with E-state index < -0.39 is 0 Å². The lowest BCUT2D eigenvalue weighted by atomic mass is 10.2. The van der Waals surface area contributed by atoms with Crippen LogP contribution in [0.1, 0.15) is 38.9 Å². The van der Waals surface area contributed by atoms with Gasteiger partial charge in [-0.1, -0.05) is 6.07 Å². The fraction of sp³-hybridized carbons (Fsp3) is 0.222. The summed E-state index contributed by atoms with van der Waals surface area (Å²) in [5.74, 6) is 0.640. The van der Waals surface area contributed by atoms with Gasteiger partial charge >= 0.3 is 0 Å². The molecule has 0 fully saturated rings. The SMILES string of the molecule is Cc1nc(COc2ccc(C(=O)NC(C)c3cccs3)cc2)cs1. The minimum atomic E-state index is -0.0856. The number of hydrogen-bond donors (Lipinski definition) is 1. The monoisotopic (exact) mass is 358 g/mol. The molecule has 0 aliphatic heterocycles. The average molecular weight is 358 g/mol. The third-order valence-corrected chi connectivity index (χ3v) is 5.36. The van der Waals surface area contributed by atoms with Gasteiger partial charge in [-0.15, -0.1) is 22.7 Å². The summed E-state index contributed by atoms with van der Waals surface area (Å²) in [6.45, 7) is 4.39. The molecule has 0 saturated heterocycles. The van der Waals surface area contributed by atoms with E-state index in [-0.39, 0.29) is 11.9 Å². The van der Waals surface area contributed by atoms with Crippen molar-refractivity contribution in [3.05, 3.63) is 68.3 Å². The van der Waals surface area contributed by atoms with Gasteiger partial charge in [-0.05, 0) is 49.6 Å². The Kier molecular flexibility index (Phi) is 5.27. The summed E-state index contributed by atoms with van der Waals surface area (Å²) >= 11 is 3.24. The molecule has 1 unspecified atom stereocenters.